The normalized spacial score (nSPS) is 12.2. The van der Waals surface area contributed by atoms with Gasteiger partial charge in [-0.3, -0.25) is 9.36 Å². The largest absolute Gasteiger partial charge is 0.369 e. The number of carbonyl (C=O) groups is 1. The maximum atomic E-state index is 11.5. The summed E-state index contributed by atoms with van der Waals surface area (Å²) in [6, 6.07) is 13.0. The number of primary amides is 1. The molecule has 5 nitrogen and oxygen atoms in total. The zero-order chi connectivity index (χ0) is 18.8. The Bertz CT molecular complexity index is 956. The van der Waals surface area contributed by atoms with Crippen LogP contribution in [0.25, 0.3) is 17.1 Å². The Morgan fingerprint density at radius 1 is 1.15 bits per heavy atom. The smallest absolute Gasteiger partial charge is 0.230 e. The maximum Gasteiger partial charge on any atom is 0.230 e. The Hall–Kier alpha value is -2.02. The van der Waals surface area contributed by atoms with Gasteiger partial charge in [0.05, 0.1) is 10.9 Å². The third kappa shape index (κ3) is 3.87. The average Bonchev–Trinajstić information content (AvgIpc) is 3.01. The summed E-state index contributed by atoms with van der Waals surface area (Å²) in [4.78, 5) is 11.5. The number of aryl methyl sites for hydroxylation is 1. The molecule has 2 N–H and O–H groups in total. The molecule has 0 saturated heterocycles. The minimum absolute atomic E-state index is 0.417. The number of hydrogen-bond acceptors (Lipinski definition) is 4. The number of benzene rings is 2. The molecule has 0 saturated carbocycles. The molecule has 1 heterocycles. The van der Waals surface area contributed by atoms with Crippen LogP contribution in [0.2, 0.25) is 10.0 Å². The van der Waals surface area contributed by atoms with Crippen molar-refractivity contribution in [3.8, 4) is 17.1 Å². The van der Waals surface area contributed by atoms with Gasteiger partial charge >= 0.3 is 0 Å². The molecule has 134 valence electrons. The number of nitrogens with zero attached hydrogens (tertiary/aromatic N) is 3. The summed E-state index contributed by atoms with van der Waals surface area (Å²) in [6.45, 7) is 3.67. The molecule has 1 atom stereocenters. The molecule has 0 unspecified atom stereocenters. The van der Waals surface area contributed by atoms with Gasteiger partial charge in [0.25, 0.3) is 0 Å². The third-order valence-electron chi connectivity index (χ3n) is 3.83. The Morgan fingerprint density at radius 2 is 1.85 bits per heavy atom. The molecule has 0 bridgehead atoms. The second kappa shape index (κ2) is 7.70. The number of aromatic nitrogens is 3. The van der Waals surface area contributed by atoms with E-state index >= 15 is 0 Å². The van der Waals surface area contributed by atoms with Crippen molar-refractivity contribution >= 4 is 40.9 Å². The Balaban J connectivity index is 2.15. The lowest BCUT2D eigenvalue weighted by Crippen LogP contribution is -2.23. The molecule has 1 aromatic heterocycles. The topological polar surface area (TPSA) is 73.8 Å². The first-order chi connectivity index (χ1) is 12.4. The summed E-state index contributed by atoms with van der Waals surface area (Å²) in [7, 11) is 0. The summed E-state index contributed by atoms with van der Waals surface area (Å²) in [6.07, 6.45) is 0. The molecule has 1 amide bonds. The van der Waals surface area contributed by atoms with Crippen LogP contribution < -0.4 is 5.73 Å². The standard InChI is InChI=1S/C18H16Cl2N4OS/c1-10-3-8-14(9-15(10)20)24-17(12-4-6-13(19)7-5-12)22-23-18(24)26-11(2)16(21)25/h3-9,11H,1-2H3,(H2,21,25)/t11-/m0/s1. The highest BCUT2D eigenvalue weighted by Crippen LogP contribution is 2.32. The SMILES string of the molecule is Cc1ccc(-n2c(S[C@@H](C)C(N)=O)nnc2-c2ccc(Cl)cc2)cc1Cl. The van der Waals surface area contributed by atoms with Gasteiger partial charge in [0.15, 0.2) is 11.0 Å². The van der Waals surface area contributed by atoms with Crippen molar-refractivity contribution in [1.29, 1.82) is 0 Å². The van der Waals surface area contributed by atoms with E-state index in [0.717, 1.165) is 16.8 Å². The van der Waals surface area contributed by atoms with E-state index in [1.165, 1.54) is 11.8 Å². The molecule has 0 aliphatic rings. The number of rotatable bonds is 5. The first-order valence-electron chi connectivity index (χ1n) is 7.80. The van der Waals surface area contributed by atoms with Crippen molar-refractivity contribution in [2.45, 2.75) is 24.3 Å². The van der Waals surface area contributed by atoms with Gasteiger partial charge in [0, 0.05) is 15.6 Å². The van der Waals surface area contributed by atoms with E-state index in [0.29, 0.717) is 21.0 Å². The van der Waals surface area contributed by atoms with E-state index in [1.807, 2.05) is 41.8 Å². The Labute approximate surface area is 165 Å². The minimum Gasteiger partial charge on any atom is -0.369 e. The summed E-state index contributed by atoms with van der Waals surface area (Å²) in [5.41, 5.74) is 8.01. The van der Waals surface area contributed by atoms with Crippen molar-refractivity contribution in [3.63, 3.8) is 0 Å². The summed E-state index contributed by atoms with van der Waals surface area (Å²) < 4.78 is 1.86. The zero-order valence-electron chi connectivity index (χ0n) is 14.1. The second-order valence-electron chi connectivity index (χ2n) is 5.74. The molecule has 3 rings (SSSR count). The van der Waals surface area contributed by atoms with Crippen LogP contribution in [0, 0.1) is 6.92 Å². The van der Waals surface area contributed by atoms with Gasteiger partial charge in [0.1, 0.15) is 0 Å². The van der Waals surface area contributed by atoms with Crippen LogP contribution in [0.5, 0.6) is 0 Å². The van der Waals surface area contributed by atoms with Gasteiger partial charge in [-0.2, -0.15) is 0 Å². The van der Waals surface area contributed by atoms with Crippen LogP contribution in [0.4, 0.5) is 0 Å². The first-order valence-corrected chi connectivity index (χ1v) is 9.44. The van der Waals surface area contributed by atoms with Crippen LogP contribution >= 0.6 is 35.0 Å². The molecule has 0 aliphatic heterocycles. The van der Waals surface area contributed by atoms with Crippen LogP contribution in [0.3, 0.4) is 0 Å². The molecular weight excluding hydrogens is 391 g/mol. The van der Waals surface area contributed by atoms with E-state index in [1.54, 1.807) is 19.1 Å². The summed E-state index contributed by atoms with van der Waals surface area (Å²) in [5, 5.41) is 9.95. The van der Waals surface area contributed by atoms with Gasteiger partial charge in [-0.15, -0.1) is 10.2 Å². The lowest BCUT2D eigenvalue weighted by molar-refractivity contribution is -0.117. The molecule has 0 fully saturated rings. The first kappa shape index (κ1) is 18.8. The van der Waals surface area contributed by atoms with E-state index in [2.05, 4.69) is 10.2 Å². The Morgan fingerprint density at radius 3 is 2.46 bits per heavy atom. The quantitative estimate of drug-likeness (QED) is 0.632. The van der Waals surface area contributed by atoms with E-state index in [4.69, 9.17) is 28.9 Å². The predicted molar refractivity (Wildman–Crippen MR) is 106 cm³/mol. The minimum atomic E-state index is -0.447. The average molecular weight is 407 g/mol. The van der Waals surface area contributed by atoms with Gasteiger partial charge < -0.3 is 5.73 Å². The van der Waals surface area contributed by atoms with Crippen LogP contribution in [0.15, 0.2) is 47.6 Å². The van der Waals surface area contributed by atoms with E-state index in [9.17, 15) is 4.79 Å². The molecule has 0 spiro atoms. The second-order valence-corrected chi connectivity index (χ2v) is 7.90. The lowest BCUT2D eigenvalue weighted by atomic mass is 10.2. The fourth-order valence-electron chi connectivity index (χ4n) is 2.30. The molecular formula is C18H16Cl2N4OS. The van der Waals surface area contributed by atoms with Crippen molar-refractivity contribution in [1.82, 2.24) is 14.8 Å². The van der Waals surface area contributed by atoms with Crippen molar-refractivity contribution < 1.29 is 4.79 Å². The fourth-order valence-corrected chi connectivity index (χ4v) is 3.42. The number of amides is 1. The van der Waals surface area contributed by atoms with Gasteiger partial charge in [-0.05, 0) is 55.8 Å². The number of hydrogen-bond donors (Lipinski definition) is 1. The molecule has 3 aromatic rings. The van der Waals surface area contributed by atoms with Gasteiger partial charge in [-0.25, -0.2) is 0 Å². The number of carbonyl (C=O) groups excluding carboxylic acids is 1. The van der Waals surface area contributed by atoms with Crippen molar-refractivity contribution in [2.75, 3.05) is 0 Å². The Kier molecular flexibility index (Phi) is 5.55. The highest BCUT2D eigenvalue weighted by molar-refractivity contribution is 8.00. The lowest BCUT2D eigenvalue weighted by Gasteiger charge is -2.13. The number of thioether (sulfide) groups is 1. The van der Waals surface area contributed by atoms with Crippen molar-refractivity contribution in [2.24, 2.45) is 5.73 Å². The highest BCUT2D eigenvalue weighted by atomic mass is 35.5. The third-order valence-corrected chi connectivity index (χ3v) is 5.55. The monoisotopic (exact) mass is 406 g/mol. The molecule has 8 heteroatoms. The summed E-state index contributed by atoms with van der Waals surface area (Å²) >= 11 is 13.5. The van der Waals surface area contributed by atoms with Crippen molar-refractivity contribution in [3.05, 3.63) is 58.1 Å². The number of halogens is 2. The number of nitrogens with two attached hydrogens (primary N) is 1. The van der Waals surface area contributed by atoms with Gasteiger partial charge in [-0.1, -0.05) is 41.0 Å². The van der Waals surface area contributed by atoms with Crippen LogP contribution in [-0.2, 0) is 4.79 Å². The molecule has 2 aromatic carbocycles. The van der Waals surface area contributed by atoms with Crippen LogP contribution in [-0.4, -0.2) is 25.9 Å². The highest BCUT2D eigenvalue weighted by Gasteiger charge is 2.20. The van der Waals surface area contributed by atoms with Crippen LogP contribution in [0.1, 0.15) is 12.5 Å². The summed E-state index contributed by atoms with van der Waals surface area (Å²) in [5.74, 6) is 0.209. The molecule has 0 aliphatic carbocycles. The molecule has 0 radical (unpaired) electrons. The molecule has 26 heavy (non-hydrogen) atoms. The van der Waals surface area contributed by atoms with E-state index < -0.39 is 11.2 Å². The maximum absolute atomic E-state index is 11.5. The fraction of sp³-hybridized carbons (Fsp3) is 0.167. The van der Waals surface area contributed by atoms with Gasteiger partial charge in [0.2, 0.25) is 5.91 Å². The zero-order valence-corrected chi connectivity index (χ0v) is 16.4. The predicted octanol–water partition coefficient (Wildman–Crippen LogP) is 4.52. The van der Waals surface area contributed by atoms with E-state index in [-0.39, 0.29) is 0 Å².